The highest BCUT2D eigenvalue weighted by Gasteiger charge is 2.31. The van der Waals surface area contributed by atoms with Crippen molar-refractivity contribution in [1.29, 1.82) is 0 Å². The van der Waals surface area contributed by atoms with Gasteiger partial charge in [-0.15, -0.1) is 0 Å². The molecule has 1 aliphatic rings. The Hall–Kier alpha value is -0.890. The molecule has 0 bridgehead atoms. The summed E-state index contributed by atoms with van der Waals surface area (Å²) in [5.74, 6) is 1.37. The Morgan fingerprint density at radius 3 is 2.50 bits per heavy atom. The van der Waals surface area contributed by atoms with Gasteiger partial charge in [-0.25, -0.2) is 4.39 Å². The van der Waals surface area contributed by atoms with Crippen molar-refractivity contribution in [2.75, 3.05) is 6.54 Å². The fraction of sp³-hybridized carbons (Fsp3) is 0.625. The minimum Gasteiger partial charge on any atom is -0.312 e. The summed E-state index contributed by atoms with van der Waals surface area (Å²) in [6.07, 6.45) is 3.62. The maximum Gasteiger partial charge on any atom is 0.123 e. The molecule has 18 heavy (non-hydrogen) atoms. The first kappa shape index (κ1) is 13.5. The fourth-order valence-corrected chi connectivity index (χ4v) is 2.58. The van der Waals surface area contributed by atoms with Gasteiger partial charge in [0.1, 0.15) is 5.82 Å². The minimum atomic E-state index is -0.115. The second-order valence-electron chi connectivity index (χ2n) is 6.56. The van der Waals surface area contributed by atoms with Crippen LogP contribution in [-0.4, -0.2) is 12.1 Å². The van der Waals surface area contributed by atoms with E-state index in [2.05, 4.69) is 26.1 Å². The Bertz CT molecular complexity index is 394. The number of rotatable bonds is 4. The van der Waals surface area contributed by atoms with Crippen LogP contribution in [0.15, 0.2) is 24.3 Å². The fourth-order valence-electron chi connectivity index (χ4n) is 2.58. The van der Waals surface area contributed by atoms with E-state index in [1.807, 2.05) is 12.1 Å². The Morgan fingerprint density at radius 1 is 1.22 bits per heavy atom. The molecule has 0 radical (unpaired) electrons. The van der Waals surface area contributed by atoms with Crippen LogP contribution in [-0.2, 0) is 6.42 Å². The monoisotopic (exact) mass is 249 g/mol. The maximum atomic E-state index is 13.1. The predicted octanol–water partition coefficient (Wildman–Crippen LogP) is 3.78. The van der Waals surface area contributed by atoms with Crippen molar-refractivity contribution < 1.29 is 4.39 Å². The third-order valence-electron chi connectivity index (χ3n) is 3.86. The van der Waals surface area contributed by atoms with Crippen LogP contribution >= 0.6 is 0 Å². The van der Waals surface area contributed by atoms with E-state index in [4.69, 9.17) is 0 Å². The number of hydrogen-bond donors (Lipinski definition) is 1. The summed E-state index contributed by atoms with van der Waals surface area (Å²) in [7, 11) is 0. The van der Waals surface area contributed by atoms with E-state index in [0.29, 0.717) is 0 Å². The molecule has 2 unspecified atom stereocenters. The summed E-state index contributed by atoms with van der Waals surface area (Å²) >= 11 is 0. The third-order valence-corrected chi connectivity index (χ3v) is 3.86. The standard InChI is InChI=1S/C16H24FN/c1-16(2,3)18-11-14-8-7-13(14)9-12-5-4-6-15(17)10-12/h4-6,10,13-14,18H,7-9,11H2,1-3H3. The first-order valence-corrected chi connectivity index (χ1v) is 6.93. The van der Waals surface area contributed by atoms with Crippen molar-refractivity contribution in [2.24, 2.45) is 11.8 Å². The van der Waals surface area contributed by atoms with E-state index < -0.39 is 0 Å². The lowest BCUT2D eigenvalue weighted by molar-refractivity contribution is 0.159. The van der Waals surface area contributed by atoms with E-state index in [0.717, 1.165) is 30.4 Å². The summed E-state index contributed by atoms with van der Waals surface area (Å²) < 4.78 is 13.1. The van der Waals surface area contributed by atoms with Crippen LogP contribution in [0.1, 0.15) is 39.2 Å². The van der Waals surface area contributed by atoms with E-state index in [1.165, 1.54) is 18.9 Å². The molecule has 1 nitrogen and oxygen atoms in total. The van der Waals surface area contributed by atoms with Crippen LogP contribution in [0.25, 0.3) is 0 Å². The zero-order chi connectivity index (χ0) is 13.2. The molecule has 100 valence electrons. The third kappa shape index (κ3) is 3.81. The molecule has 2 heteroatoms. The molecule has 1 N–H and O–H groups in total. The van der Waals surface area contributed by atoms with Crippen molar-refractivity contribution in [2.45, 2.75) is 45.6 Å². The average molecular weight is 249 g/mol. The number of halogens is 1. The molecule has 0 saturated heterocycles. The van der Waals surface area contributed by atoms with Crippen LogP contribution in [0.3, 0.4) is 0 Å². The number of hydrogen-bond acceptors (Lipinski definition) is 1. The van der Waals surface area contributed by atoms with Crippen molar-refractivity contribution in [3.63, 3.8) is 0 Å². The summed E-state index contributed by atoms with van der Waals surface area (Å²) in [5.41, 5.74) is 1.33. The first-order chi connectivity index (χ1) is 8.44. The van der Waals surface area contributed by atoms with E-state index >= 15 is 0 Å². The van der Waals surface area contributed by atoms with Gasteiger partial charge >= 0.3 is 0 Å². The normalized spacial score (nSPS) is 23.8. The lowest BCUT2D eigenvalue weighted by Gasteiger charge is -2.39. The SMILES string of the molecule is CC(C)(C)NCC1CCC1Cc1cccc(F)c1. The Labute approximate surface area is 110 Å². The lowest BCUT2D eigenvalue weighted by Crippen LogP contribution is -2.44. The molecule has 0 aliphatic heterocycles. The molecule has 1 aromatic rings. The molecule has 1 aliphatic carbocycles. The molecule has 0 spiro atoms. The van der Waals surface area contributed by atoms with E-state index in [-0.39, 0.29) is 11.4 Å². The van der Waals surface area contributed by atoms with Crippen LogP contribution in [0, 0.1) is 17.7 Å². The van der Waals surface area contributed by atoms with Gasteiger partial charge < -0.3 is 5.32 Å². The number of nitrogens with one attached hydrogen (secondary N) is 1. The second-order valence-corrected chi connectivity index (χ2v) is 6.56. The summed E-state index contributed by atoms with van der Waals surface area (Å²) in [5, 5.41) is 3.58. The molecule has 2 rings (SSSR count). The Balaban J connectivity index is 1.84. The van der Waals surface area contributed by atoms with Gasteiger partial charge in [-0.05, 0) is 76.1 Å². The summed E-state index contributed by atoms with van der Waals surface area (Å²) in [6, 6.07) is 7.04. The molecule has 1 aromatic carbocycles. The van der Waals surface area contributed by atoms with E-state index in [9.17, 15) is 4.39 Å². The van der Waals surface area contributed by atoms with Crippen LogP contribution < -0.4 is 5.32 Å². The highest BCUT2D eigenvalue weighted by molar-refractivity contribution is 5.17. The van der Waals surface area contributed by atoms with Crippen molar-refractivity contribution >= 4 is 0 Å². The highest BCUT2D eigenvalue weighted by atomic mass is 19.1. The van der Waals surface area contributed by atoms with Crippen molar-refractivity contribution in [3.05, 3.63) is 35.6 Å². The molecule has 1 saturated carbocycles. The van der Waals surface area contributed by atoms with Gasteiger partial charge in [0.25, 0.3) is 0 Å². The zero-order valence-electron chi connectivity index (χ0n) is 11.7. The average Bonchev–Trinajstić information content (AvgIpc) is 2.23. The van der Waals surface area contributed by atoms with Crippen molar-refractivity contribution in [1.82, 2.24) is 5.32 Å². The predicted molar refractivity (Wildman–Crippen MR) is 74.1 cm³/mol. The molecule has 0 amide bonds. The van der Waals surface area contributed by atoms with Crippen molar-refractivity contribution in [3.8, 4) is 0 Å². The summed E-state index contributed by atoms with van der Waals surface area (Å²) in [4.78, 5) is 0. The second kappa shape index (κ2) is 5.40. The van der Waals surface area contributed by atoms with Gasteiger partial charge in [-0.3, -0.25) is 0 Å². The highest BCUT2D eigenvalue weighted by Crippen LogP contribution is 2.36. The first-order valence-electron chi connectivity index (χ1n) is 6.93. The van der Waals surface area contributed by atoms with E-state index in [1.54, 1.807) is 6.07 Å². The lowest BCUT2D eigenvalue weighted by atomic mass is 9.70. The smallest absolute Gasteiger partial charge is 0.123 e. The minimum absolute atomic E-state index is 0.115. The Kier molecular flexibility index (Phi) is 4.06. The van der Waals surface area contributed by atoms with Crippen LogP contribution in [0.2, 0.25) is 0 Å². The largest absolute Gasteiger partial charge is 0.312 e. The molecular formula is C16H24FN. The molecule has 0 heterocycles. The van der Waals surface area contributed by atoms with Gasteiger partial charge in [0.2, 0.25) is 0 Å². The van der Waals surface area contributed by atoms with Crippen LogP contribution in [0.5, 0.6) is 0 Å². The maximum absolute atomic E-state index is 13.1. The molecule has 1 fully saturated rings. The molecule has 2 atom stereocenters. The number of benzene rings is 1. The van der Waals surface area contributed by atoms with Gasteiger partial charge in [-0.1, -0.05) is 12.1 Å². The molecule has 0 aromatic heterocycles. The summed E-state index contributed by atoms with van der Waals surface area (Å²) in [6.45, 7) is 7.69. The Morgan fingerprint density at radius 2 is 1.94 bits per heavy atom. The topological polar surface area (TPSA) is 12.0 Å². The zero-order valence-corrected chi connectivity index (χ0v) is 11.7. The van der Waals surface area contributed by atoms with Gasteiger partial charge in [0, 0.05) is 5.54 Å². The van der Waals surface area contributed by atoms with Gasteiger partial charge in [0.05, 0.1) is 0 Å². The van der Waals surface area contributed by atoms with Gasteiger partial charge in [0.15, 0.2) is 0 Å². The van der Waals surface area contributed by atoms with Gasteiger partial charge in [-0.2, -0.15) is 0 Å². The van der Waals surface area contributed by atoms with Crippen LogP contribution in [0.4, 0.5) is 4.39 Å². The quantitative estimate of drug-likeness (QED) is 0.856. The molecular weight excluding hydrogens is 225 g/mol.